The standard InChI is InChI=1S/C11H11BrN2O2.C8H10BrN.C5H7NO3/c1-6-3-8(12)4-7(2)10(6)14-9(15)5-13-11(14)16;1-5-3-7(9)4-6(2)8(5)10;1-2-9-5(7)3-8-4-6/h3-4H,5H2,1-2H3,(H,13,16);3-4H,10H2,1-2H3;2-3H2,1H3. The first-order valence-electron chi connectivity index (χ1n) is 10.5. The molecule has 0 radical (unpaired) electrons. The lowest BCUT2D eigenvalue weighted by molar-refractivity contribution is -0.146. The molecule has 0 aliphatic carbocycles. The molecule has 1 saturated heterocycles. The van der Waals surface area contributed by atoms with E-state index in [-0.39, 0.29) is 25.1 Å². The fourth-order valence-corrected chi connectivity index (χ4v) is 4.49. The number of urea groups is 1. The first-order chi connectivity index (χ1) is 16.4. The number of hydrogen-bond donors (Lipinski definition) is 2. The van der Waals surface area contributed by atoms with E-state index in [1.807, 2.05) is 52.0 Å². The summed E-state index contributed by atoms with van der Waals surface area (Å²) in [6.07, 6.45) is 1.36. The molecular formula is C24H28Br2N4O5. The van der Waals surface area contributed by atoms with Crippen LogP contribution in [0.5, 0.6) is 0 Å². The maximum Gasteiger partial charge on any atom is 0.345 e. The van der Waals surface area contributed by atoms with Crippen LogP contribution in [-0.2, 0) is 19.1 Å². The number of nitrogen functional groups attached to an aromatic ring is 1. The van der Waals surface area contributed by atoms with Crippen molar-refractivity contribution < 1.29 is 23.9 Å². The fourth-order valence-electron chi connectivity index (χ4n) is 3.12. The molecule has 3 rings (SSSR count). The number of aryl methyl sites for hydroxylation is 4. The number of esters is 1. The Morgan fingerprint density at radius 2 is 1.54 bits per heavy atom. The Labute approximate surface area is 221 Å². The Balaban J connectivity index is 0.000000280. The summed E-state index contributed by atoms with van der Waals surface area (Å²) in [5.74, 6) is -0.724. The third-order valence-corrected chi connectivity index (χ3v) is 5.56. The number of benzene rings is 2. The summed E-state index contributed by atoms with van der Waals surface area (Å²) < 4.78 is 10.5. The molecule has 11 heteroatoms. The van der Waals surface area contributed by atoms with Gasteiger partial charge in [0.15, 0.2) is 6.61 Å². The van der Waals surface area contributed by atoms with Crippen molar-refractivity contribution in [3.8, 4) is 6.26 Å². The molecule has 0 atom stereocenters. The van der Waals surface area contributed by atoms with Gasteiger partial charge in [0.25, 0.3) is 12.2 Å². The van der Waals surface area contributed by atoms with Gasteiger partial charge in [-0.1, -0.05) is 31.9 Å². The minimum absolute atomic E-state index is 0.0772. The molecule has 2 aromatic carbocycles. The molecule has 0 spiro atoms. The number of carbonyl (C=O) groups excluding carboxylic acids is 3. The third kappa shape index (κ3) is 9.22. The second kappa shape index (κ2) is 14.3. The van der Waals surface area contributed by atoms with E-state index < -0.39 is 5.97 Å². The summed E-state index contributed by atoms with van der Waals surface area (Å²) >= 11 is 6.77. The highest BCUT2D eigenvalue weighted by Crippen LogP contribution is 2.29. The Morgan fingerprint density at radius 3 is 1.94 bits per heavy atom. The Morgan fingerprint density at radius 1 is 1.06 bits per heavy atom. The van der Waals surface area contributed by atoms with Gasteiger partial charge in [-0.3, -0.25) is 4.79 Å². The van der Waals surface area contributed by atoms with Crippen LogP contribution in [0.15, 0.2) is 33.2 Å². The minimum Gasteiger partial charge on any atom is -0.463 e. The van der Waals surface area contributed by atoms with Gasteiger partial charge in [-0.25, -0.2) is 14.5 Å². The number of nitriles is 1. The van der Waals surface area contributed by atoms with E-state index in [4.69, 9.17) is 11.0 Å². The zero-order chi connectivity index (χ0) is 26.7. The van der Waals surface area contributed by atoms with Crippen molar-refractivity contribution in [1.29, 1.82) is 5.26 Å². The quantitative estimate of drug-likeness (QED) is 0.219. The summed E-state index contributed by atoms with van der Waals surface area (Å²) in [6.45, 7) is 9.56. The number of anilines is 2. The number of imide groups is 1. The van der Waals surface area contributed by atoms with Gasteiger partial charge in [-0.15, -0.1) is 0 Å². The maximum atomic E-state index is 11.6. The lowest BCUT2D eigenvalue weighted by atomic mass is 10.1. The highest BCUT2D eigenvalue weighted by atomic mass is 79.9. The zero-order valence-corrected chi connectivity index (χ0v) is 23.4. The lowest BCUT2D eigenvalue weighted by Crippen LogP contribution is -2.31. The topological polar surface area (TPSA) is 135 Å². The number of amides is 3. The number of nitrogens with one attached hydrogen (secondary N) is 1. The molecule has 2 aromatic rings. The summed E-state index contributed by atoms with van der Waals surface area (Å²) in [4.78, 5) is 34.7. The summed E-state index contributed by atoms with van der Waals surface area (Å²) in [7, 11) is 0. The van der Waals surface area contributed by atoms with Crippen molar-refractivity contribution in [2.75, 3.05) is 30.4 Å². The van der Waals surface area contributed by atoms with Gasteiger partial charge in [0.05, 0.1) is 18.8 Å². The smallest absolute Gasteiger partial charge is 0.345 e. The van der Waals surface area contributed by atoms with Crippen molar-refractivity contribution >= 4 is 61.1 Å². The molecule has 3 amide bonds. The predicted molar refractivity (Wildman–Crippen MR) is 141 cm³/mol. The summed E-state index contributed by atoms with van der Waals surface area (Å²) in [5, 5.41) is 10.3. The van der Waals surface area contributed by atoms with Crippen LogP contribution in [0.25, 0.3) is 0 Å². The van der Waals surface area contributed by atoms with Crippen LogP contribution in [0.1, 0.15) is 29.2 Å². The van der Waals surface area contributed by atoms with Crippen LogP contribution in [0, 0.1) is 39.2 Å². The van der Waals surface area contributed by atoms with Crippen LogP contribution in [0.2, 0.25) is 0 Å². The van der Waals surface area contributed by atoms with Crippen molar-refractivity contribution in [1.82, 2.24) is 5.32 Å². The first kappa shape index (κ1) is 29.9. The zero-order valence-electron chi connectivity index (χ0n) is 20.2. The number of hydrogen-bond acceptors (Lipinski definition) is 7. The van der Waals surface area contributed by atoms with E-state index >= 15 is 0 Å². The fraction of sp³-hybridized carbons (Fsp3) is 0.333. The van der Waals surface area contributed by atoms with Gasteiger partial charge < -0.3 is 20.5 Å². The van der Waals surface area contributed by atoms with Gasteiger partial charge in [0.1, 0.15) is 0 Å². The molecule has 188 valence electrons. The van der Waals surface area contributed by atoms with E-state index in [9.17, 15) is 14.4 Å². The SMILES string of the molecule is CCOC(=O)COC#N.Cc1cc(Br)cc(C)c1N.Cc1cc(Br)cc(C)c1N1C(=O)CNC1=O. The molecule has 0 unspecified atom stereocenters. The number of ether oxygens (including phenoxy) is 2. The molecule has 0 aromatic heterocycles. The minimum atomic E-state index is -0.515. The predicted octanol–water partition coefficient (Wildman–Crippen LogP) is 4.82. The Kier molecular flexibility index (Phi) is 12.3. The highest BCUT2D eigenvalue weighted by molar-refractivity contribution is 9.10. The van der Waals surface area contributed by atoms with E-state index in [1.54, 1.807) is 6.92 Å². The number of nitrogens with two attached hydrogens (primary N) is 1. The normalized spacial score (nSPS) is 11.9. The molecule has 1 fully saturated rings. The average molecular weight is 612 g/mol. The maximum absolute atomic E-state index is 11.6. The van der Waals surface area contributed by atoms with Crippen molar-refractivity contribution in [2.45, 2.75) is 34.6 Å². The number of rotatable bonds is 4. The monoisotopic (exact) mass is 610 g/mol. The molecule has 0 saturated carbocycles. The molecule has 35 heavy (non-hydrogen) atoms. The lowest BCUT2D eigenvalue weighted by Gasteiger charge is -2.18. The summed E-state index contributed by atoms with van der Waals surface area (Å²) in [5.41, 5.74) is 11.4. The molecule has 9 nitrogen and oxygen atoms in total. The highest BCUT2D eigenvalue weighted by Gasteiger charge is 2.32. The molecule has 1 aliphatic rings. The van der Waals surface area contributed by atoms with E-state index in [0.29, 0.717) is 12.3 Å². The van der Waals surface area contributed by atoms with E-state index in [1.165, 1.54) is 11.2 Å². The van der Waals surface area contributed by atoms with E-state index in [0.717, 1.165) is 36.9 Å². The Bertz CT molecular complexity index is 1070. The molecule has 1 heterocycles. The van der Waals surface area contributed by atoms with Gasteiger partial charge in [0.2, 0.25) is 0 Å². The van der Waals surface area contributed by atoms with Crippen LogP contribution >= 0.6 is 31.9 Å². The third-order valence-electron chi connectivity index (χ3n) is 4.64. The largest absolute Gasteiger partial charge is 0.463 e. The van der Waals surface area contributed by atoms with Crippen LogP contribution in [-0.4, -0.2) is 37.7 Å². The molecular weight excluding hydrogens is 584 g/mol. The van der Waals surface area contributed by atoms with Crippen LogP contribution in [0.3, 0.4) is 0 Å². The molecule has 1 aliphatic heterocycles. The average Bonchev–Trinajstić information content (AvgIpc) is 3.09. The van der Waals surface area contributed by atoms with Crippen LogP contribution in [0.4, 0.5) is 16.2 Å². The van der Waals surface area contributed by atoms with Gasteiger partial charge in [-0.05, 0) is 81.1 Å². The second-order valence-corrected chi connectivity index (χ2v) is 9.25. The summed E-state index contributed by atoms with van der Waals surface area (Å²) in [6, 6.07) is 7.46. The number of carbonyl (C=O) groups is 3. The van der Waals surface area contributed by atoms with Crippen molar-refractivity contribution in [3.63, 3.8) is 0 Å². The number of nitrogens with zero attached hydrogens (tertiary/aromatic N) is 2. The van der Waals surface area contributed by atoms with Gasteiger partial charge in [0, 0.05) is 14.6 Å². The van der Waals surface area contributed by atoms with Crippen LogP contribution < -0.4 is 16.0 Å². The number of halogens is 2. The van der Waals surface area contributed by atoms with E-state index in [2.05, 4.69) is 46.7 Å². The Hall–Kier alpha value is -3.10. The van der Waals surface area contributed by atoms with Crippen molar-refractivity contribution in [3.05, 3.63) is 55.5 Å². The van der Waals surface area contributed by atoms with Crippen molar-refractivity contribution in [2.24, 2.45) is 0 Å². The van der Waals surface area contributed by atoms with Gasteiger partial charge in [-0.2, -0.15) is 5.26 Å². The molecule has 0 bridgehead atoms. The molecule has 3 N–H and O–H groups in total. The first-order valence-corrected chi connectivity index (χ1v) is 12.1. The van der Waals surface area contributed by atoms with Gasteiger partial charge >= 0.3 is 12.0 Å². The second-order valence-electron chi connectivity index (χ2n) is 7.41.